The summed E-state index contributed by atoms with van der Waals surface area (Å²) in [6, 6.07) is 14.2. The molecule has 120 valence electrons. The van der Waals surface area contributed by atoms with Crippen LogP contribution in [0.3, 0.4) is 0 Å². The number of nitrogens with zero attached hydrogens (tertiary/aromatic N) is 1. The molecule has 0 heterocycles. The number of nitro groups is 1. The molecule has 2 rings (SSSR count). The molecule has 1 amide bonds. The van der Waals surface area contributed by atoms with Gasteiger partial charge >= 0.3 is 0 Å². The van der Waals surface area contributed by atoms with Crippen molar-refractivity contribution in [3.8, 4) is 0 Å². The van der Waals surface area contributed by atoms with Crippen LogP contribution in [-0.4, -0.2) is 17.4 Å². The van der Waals surface area contributed by atoms with E-state index in [-0.39, 0.29) is 18.0 Å². The van der Waals surface area contributed by atoms with Gasteiger partial charge in [0.15, 0.2) is 0 Å². The predicted molar refractivity (Wildman–Crippen MR) is 89.2 cm³/mol. The van der Waals surface area contributed by atoms with E-state index in [1.165, 1.54) is 6.07 Å². The number of hydrogen-bond acceptors (Lipinski definition) is 4. The van der Waals surface area contributed by atoms with Crippen LogP contribution in [0, 0.1) is 17.0 Å². The molecule has 2 aromatic carbocycles. The highest BCUT2D eigenvalue weighted by atomic mass is 16.6. The Bertz CT molecular complexity index is 701. The first-order chi connectivity index (χ1) is 11.1. The van der Waals surface area contributed by atoms with Crippen molar-refractivity contribution in [3.05, 3.63) is 69.8 Å². The first kappa shape index (κ1) is 16.5. The zero-order valence-corrected chi connectivity index (χ0v) is 12.9. The minimum absolute atomic E-state index is 0.00724. The average molecular weight is 313 g/mol. The predicted octanol–water partition coefficient (Wildman–Crippen LogP) is 3.02. The number of carbonyl (C=O) groups is 1. The Morgan fingerprint density at radius 2 is 1.83 bits per heavy atom. The first-order valence-corrected chi connectivity index (χ1v) is 7.36. The normalized spacial score (nSPS) is 10.1. The number of rotatable bonds is 7. The first-order valence-electron chi connectivity index (χ1n) is 7.36. The van der Waals surface area contributed by atoms with Crippen LogP contribution in [0.1, 0.15) is 17.5 Å². The molecular formula is C17H19N3O3. The fraction of sp³-hybridized carbons (Fsp3) is 0.235. The van der Waals surface area contributed by atoms with E-state index in [4.69, 9.17) is 0 Å². The monoisotopic (exact) mass is 313 g/mol. The Hall–Kier alpha value is -2.89. The van der Waals surface area contributed by atoms with Crippen LogP contribution in [0.4, 0.5) is 11.4 Å². The lowest BCUT2D eigenvalue weighted by atomic mass is 10.1. The van der Waals surface area contributed by atoms with E-state index in [1.807, 2.05) is 31.2 Å². The second kappa shape index (κ2) is 7.93. The number of anilines is 1. The quantitative estimate of drug-likeness (QED) is 0.608. The second-order valence-electron chi connectivity index (χ2n) is 5.15. The van der Waals surface area contributed by atoms with Gasteiger partial charge in [-0.25, -0.2) is 0 Å². The number of hydrogen-bond donors (Lipinski definition) is 2. The van der Waals surface area contributed by atoms with Gasteiger partial charge in [0.05, 0.1) is 4.92 Å². The van der Waals surface area contributed by atoms with E-state index in [1.54, 1.807) is 18.2 Å². The highest BCUT2D eigenvalue weighted by Gasteiger charge is 2.12. The molecule has 0 atom stereocenters. The van der Waals surface area contributed by atoms with Crippen molar-refractivity contribution in [1.29, 1.82) is 0 Å². The molecule has 2 aromatic rings. The molecule has 0 aliphatic rings. The summed E-state index contributed by atoms with van der Waals surface area (Å²) in [6.07, 6.45) is 0.248. The lowest BCUT2D eigenvalue weighted by Gasteiger charge is -2.09. The van der Waals surface area contributed by atoms with E-state index in [0.717, 1.165) is 11.1 Å². The molecule has 6 heteroatoms. The van der Waals surface area contributed by atoms with Gasteiger partial charge in [-0.2, -0.15) is 0 Å². The number of nitro benzene ring substituents is 1. The lowest BCUT2D eigenvalue weighted by Crippen LogP contribution is -2.25. The smallest absolute Gasteiger partial charge is 0.292 e. The van der Waals surface area contributed by atoms with E-state index < -0.39 is 4.92 Å². The molecule has 0 spiro atoms. The zero-order valence-electron chi connectivity index (χ0n) is 12.9. The second-order valence-corrected chi connectivity index (χ2v) is 5.15. The topological polar surface area (TPSA) is 84.3 Å². The Balaban J connectivity index is 1.79. The number of para-hydroxylation sites is 2. The lowest BCUT2D eigenvalue weighted by molar-refractivity contribution is -0.384. The summed E-state index contributed by atoms with van der Waals surface area (Å²) in [6.45, 7) is 2.82. The molecule has 0 unspecified atom stereocenters. The summed E-state index contributed by atoms with van der Waals surface area (Å²) < 4.78 is 0. The van der Waals surface area contributed by atoms with Crippen molar-refractivity contribution >= 4 is 17.3 Å². The SMILES string of the molecule is Cc1ccccc1CNC(=O)CCNc1ccccc1[N+](=O)[O-]. The van der Waals surface area contributed by atoms with E-state index in [0.29, 0.717) is 18.8 Å². The van der Waals surface area contributed by atoms with Gasteiger partial charge in [-0.15, -0.1) is 0 Å². The van der Waals surface area contributed by atoms with Crippen molar-refractivity contribution < 1.29 is 9.72 Å². The third-order valence-electron chi connectivity index (χ3n) is 3.51. The Morgan fingerprint density at radius 3 is 2.57 bits per heavy atom. The van der Waals surface area contributed by atoms with Crippen molar-refractivity contribution in [3.63, 3.8) is 0 Å². The van der Waals surface area contributed by atoms with Crippen LogP contribution < -0.4 is 10.6 Å². The molecular weight excluding hydrogens is 294 g/mol. The van der Waals surface area contributed by atoms with E-state index in [9.17, 15) is 14.9 Å². The molecule has 2 N–H and O–H groups in total. The fourth-order valence-corrected chi connectivity index (χ4v) is 2.18. The zero-order chi connectivity index (χ0) is 16.7. The molecule has 0 radical (unpaired) electrons. The van der Waals surface area contributed by atoms with Crippen LogP contribution in [-0.2, 0) is 11.3 Å². The number of aryl methyl sites for hydroxylation is 1. The minimum atomic E-state index is -0.444. The molecule has 0 saturated heterocycles. The molecule has 0 aliphatic carbocycles. The summed E-state index contributed by atoms with van der Waals surface area (Å²) in [5, 5.41) is 16.7. The van der Waals surface area contributed by atoms with E-state index >= 15 is 0 Å². The van der Waals surface area contributed by atoms with Gasteiger partial charge < -0.3 is 10.6 Å². The van der Waals surface area contributed by atoms with Crippen LogP contribution in [0.2, 0.25) is 0 Å². The van der Waals surface area contributed by atoms with Crippen LogP contribution >= 0.6 is 0 Å². The summed E-state index contributed by atoms with van der Waals surface area (Å²) in [5.41, 5.74) is 2.63. The van der Waals surface area contributed by atoms with Gasteiger partial charge in [0.25, 0.3) is 5.69 Å². The maximum absolute atomic E-state index is 11.9. The van der Waals surface area contributed by atoms with Crippen LogP contribution in [0.25, 0.3) is 0 Å². The summed E-state index contributed by atoms with van der Waals surface area (Å²) in [7, 11) is 0. The van der Waals surface area contributed by atoms with Gasteiger partial charge in [0.1, 0.15) is 5.69 Å². The summed E-state index contributed by atoms with van der Waals surface area (Å²) in [4.78, 5) is 22.3. The van der Waals surface area contributed by atoms with Crippen LogP contribution in [0.15, 0.2) is 48.5 Å². The largest absolute Gasteiger partial charge is 0.379 e. The number of carbonyl (C=O) groups excluding carboxylic acids is 1. The Labute approximate surface area is 134 Å². The maximum Gasteiger partial charge on any atom is 0.292 e. The van der Waals surface area contributed by atoms with Crippen molar-refractivity contribution in [2.24, 2.45) is 0 Å². The molecule has 0 aliphatic heterocycles. The summed E-state index contributed by atoms with van der Waals surface area (Å²) >= 11 is 0. The Morgan fingerprint density at radius 1 is 1.13 bits per heavy atom. The maximum atomic E-state index is 11.9. The van der Waals surface area contributed by atoms with E-state index in [2.05, 4.69) is 10.6 Å². The number of amides is 1. The van der Waals surface area contributed by atoms with Gasteiger partial charge in [-0.3, -0.25) is 14.9 Å². The summed E-state index contributed by atoms with van der Waals surface area (Å²) in [5.74, 6) is -0.0978. The number of benzene rings is 2. The van der Waals surface area contributed by atoms with Crippen molar-refractivity contribution in [2.45, 2.75) is 19.9 Å². The molecule has 6 nitrogen and oxygen atoms in total. The molecule has 0 fully saturated rings. The third-order valence-corrected chi connectivity index (χ3v) is 3.51. The molecule has 0 bridgehead atoms. The molecule has 0 aromatic heterocycles. The van der Waals surface area contributed by atoms with Crippen molar-refractivity contribution in [1.82, 2.24) is 5.32 Å². The fourth-order valence-electron chi connectivity index (χ4n) is 2.18. The van der Waals surface area contributed by atoms with Crippen molar-refractivity contribution in [2.75, 3.05) is 11.9 Å². The molecule has 23 heavy (non-hydrogen) atoms. The average Bonchev–Trinajstić information content (AvgIpc) is 2.54. The molecule has 0 saturated carbocycles. The van der Waals surface area contributed by atoms with Gasteiger partial charge in [0.2, 0.25) is 5.91 Å². The third kappa shape index (κ3) is 4.81. The van der Waals surface area contributed by atoms with Crippen LogP contribution in [0.5, 0.6) is 0 Å². The van der Waals surface area contributed by atoms with Gasteiger partial charge in [-0.05, 0) is 24.1 Å². The number of nitrogens with one attached hydrogen (secondary N) is 2. The highest BCUT2D eigenvalue weighted by molar-refractivity contribution is 5.76. The Kier molecular flexibility index (Phi) is 5.68. The van der Waals surface area contributed by atoms with Gasteiger partial charge in [-0.1, -0.05) is 36.4 Å². The minimum Gasteiger partial charge on any atom is -0.379 e. The highest BCUT2D eigenvalue weighted by Crippen LogP contribution is 2.22. The standard InChI is InChI=1S/C17H19N3O3/c1-13-6-2-3-7-14(13)12-19-17(21)10-11-18-15-8-4-5-9-16(15)20(22)23/h2-9,18H,10-12H2,1H3,(H,19,21). The van der Waals surface area contributed by atoms with Gasteiger partial charge in [0, 0.05) is 25.6 Å².